The second-order valence-corrected chi connectivity index (χ2v) is 30.9. The Hall–Kier alpha value is -10.1. The van der Waals surface area contributed by atoms with E-state index >= 15 is 0 Å². The van der Waals surface area contributed by atoms with Crippen LogP contribution in [0.15, 0.2) is 220 Å². The van der Waals surface area contributed by atoms with E-state index in [2.05, 4.69) is 55.4 Å². The minimum absolute atomic E-state index is 0.0370. The van der Waals surface area contributed by atoms with Crippen LogP contribution in [0.1, 0.15) is 108 Å². The standard InChI is InChI=1S/C23H21NO3S.C20H22N2O3S.C17H16FNO2S.C17H17NO3S/c1-16-8-14-21-22(15-9-17(2)23(16)21)24-28(25,26)20-12-10-19(11-13-20)27-18-6-4-3-5-7-18;1-4-19(23)21-15-7-9-16(10-8-15)26(24,25)22-18-12-6-14(3)20-13(2)5-11-17(18)20;1-11-3-9-15-16(10-4-12(2)17(11)15)19-22(20,21)14-7-5-13(18)6-8-14;1-11-3-9-15-16(10-4-12(2)17(11)15)18-22(20,21)14-7-5-13(19)6-8-14/h3-13,15,24H,14H2,1-2H3;5-10,12,22H,4,11H2,1-3H3,(H,21,23);3-8,10,19H,9H2,1-2H3;3-8,10,18-19H,9H2,1-2H3. The summed E-state index contributed by atoms with van der Waals surface area (Å²) in [7, 11) is -14.8. The molecular weight excluding hydrogens is 1320 g/mol. The Bertz CT molecular complexity index is 5020. The molecule has 98 heavy (non-hydrogen) atoms. The van der Waals surface area contributed by atoms with E-state index in [9.17, 15) is 48.0 Å². The summed E-state index contributed by atoms with van der Waals surface area (Å²) in [6, 6.07) is 47.2. The molecule has 0 spiro atoms. The van der Waals surface area contributed by atoms with Crippen LogP contribution < -0.4 is 28.9 Å². The molecule has 0 saturated carbocycles. The third-order valence-corrected chi connectivity index (χ3v) is 22.8. The molecule has 13 rings (SSSR count). The molecule has 4 aliphatic carbocycles. The molecule has 21 heteroatoms. The van der Waals surface area contributed by atoms with Crippen LogP contribution in [0.4, 0.5) is 32.8 Å². The molecule has 6 N–H and O–H groups in total. The van der Waals surface area contributed by atoms with Gasteiger partial charge in [0.25, 0.3) is 40.1 Å². The van der Waals surface area contributed by atoms with Gasteiger partial charge < -0.3 is 15.2 Å². The van der Waals surface area contributed by atoms with Gasteiger partial charge in [-0.05, 0) is 304 Å². The van der Waals surface area contributed by atoms with Gasteiger partial charge in [0.1, 0.15) is 23.1 Å². The van der Waals surface area contributed by atoms with Gasteiger partial charge in [0, 0.05) is 12.1 Å². The zero-order chi connectivity index (χ0) is 70.4. The highest BCUT2D eigenvalue weighted by Crippen LogP contribution is 2.40. The van der Waals surface area contributed by atoms with E-state index in [4.69, 9.17) is 4.74 Å². The first-order valence-corrected chi connectivity index (χ1v) is 37.5. The number of sulfonamides is 4. The number of phenols is 1. The molecule has 0 unspecified atom stereocenters. The molecule has 9 aromatic rings. The third kappa shape index (κ3) is 16.2. The zero-order valence-corrected chi connectivity index (χ0v) is 58.9. The van der Waals surface area contributed by atoms with Crippen LogP contribution in [-0.2, 0) is 70.6 Å². The van der Waals surface area contributed by atoms with Crippen LogP contribution >= 0.6 is 0 Å². The smallest absolute Gasteiger partial charge is 0.261 e. The molecule has 506 valence electrons. The van der Waals surface area contributed by atoms with E-state index in [0.717, 1.165) is 104 Å². The first kappa shape index (κ1) is 70.7. The van der Waals surface area contributed by atoms with Gasteiger partial charge in [-0.25, -0.2) is 38.1 Å². The number of phenolic OH excluding ortho intramolecular Hbond substituents is 1. The molecule has 16 nitrogen and oxygen atoms in total. The topological polar surface area (TPSA) is 243 Å². The normalized spacial score (nSPS) is 13.3. The van der Waals surface area contributed by atoms with Crippen molar-refractivity contribution in [2.75, 3.05) is 24.2 Å². The van der Waals surface area contributed by atoms with Crippen LogP contribution in [-0.4, -0.2) is 44.7 Å². The van der Waals surface area contributed by atoms with Gasteiger partial charge in [-0.3, -0.25) is 23.7 Å². The number of rotatable bonds is 16. The number of nitrogens with one attached hydrogen (secondary N) is 5. The van der Waals surface area contributed by atoms with Crippen molar-refractivity contribution in [3.63, 3.8) is 0 Å². The number of anilines is 5. The van der Waals surface area contributed by atoms with E-state index in [1.54, 1.807) is 55.5 Å². The van der Waals surface area contributed by atoms with Crippen molar-refractivity contribution in [1.82, 2.24) is 0 Å². The highest BCUT2D eigenvalue weighted by molar-refractivity contribution is 7.93. The highest BCUT2D eigenvalue weighted by atomic mass is 32.2. The number of hydrogen-bond donors (Lipinski definition) is 6. The first-order valence-electron chi connectivity index (χ1n) is 31.6. The number of aromatic hydroxyl groups is 1. The van der Waals surface area contributed by atoms with Crippen molar-refractivity contribution < 1.29 is 52.7 Å². The number of benzene rings is 9. The van der Waals surface area contributed by atoms with Gasteiger partial charge in [-0.1, -0.05) is 73.7 Å². The molecule has 1 amide bonds. The number of aryl methyl sites for hydroxylation is 4. The monoisotopic (exact) mass is 1390 g/mol. The number of halogens is 1. The summed E-state index contributed by atoms with van der Waals surface area (Å²) in [5.41, 5.74) is 20.9. The lowest BCUT2D eigenvalue weighted by molar-refractivity contribution is -0.115. The minimum atomic E-state index is -3.72. The van der Waals surface area contributed by atoms with Gasteiger partial charge in [0.2, 0.25) is 5.91 Å². The Labute approximate surface area is 574 Å². The molecule has 0 saturated heterocycles. The van der Waals surface area contributed by atoms with Crippen LogP contribution in [0.25, 0.3) is 22.3 Å². The quantitative estimate of drug-likeness (QED) is 0.0531. The fourth-order valence-corrected chi connectivity index (χ4v) is 16.6. The summed E-state index contributed by atoms with van der Waals surface area (Å²) in [6.07, 6.45) is 11.7. The number of para-hydroxylation sites is 1. The molecular formula is C77H76FN5O11S4. The van der Waals surface area contributed by atoms with Crippen LogP contribution in [0.3, 0.4) is 0 Å². The Kier molecular flexibility index (Phi) is 21.2. The molecule has 0 atom stereocenters. The molecule has 9 aromatic carbocycles. The SMILES string of the molecule is CC1=CCc2c(NS(=O)(=O)c3ccc(F)cc3)ccc(C)c21.CC1=CCc2c(NS(=O)(=O)c3ccc(O)cc3)ccc(C)c21.CC1=CCc2c(NS(=O)(=O)c3ccc(Oc4ccccc4)cc3)ccc(C)c21.CCC(=O)Nc1ccc(S(=O)(=O)Nc2ccc(C)c3c2CC=C3C)cc1. The summed E-state index contributed by atoms with van der Waals surface area (Å²) in [4.78, 5) is 11.9. The summed E-state index contributed by atoms with van der Waals surface area (Å²) in [5.74, 6) is 0.748. The molecule has 0 fully saturated rings. The van der Waals surface area contributed by atoms with Crippen LogP contribution in [0, 0.1) is 33.5 Å². The average molecular weight is 1390 g/mol. The number of amides is 1. The predicted molar refractivity (Wildman–Crippen MR) is 390 cm³/mol. The lowest BCUT2D eigenvalue weighted by Crippen LogP contribution is -2.15. The number of carbonyl (C=O) groups excluding carboxylic acids is 1. The van der Waals surface area contributed by atoms with Gasteiger partial charge in [-0.15, -0.1) is 0 Å². The summed E-state index contributed by atoms with van der Waals surface area (Å²) in [5, 5.41) is 12.0. The zero-order valence-electron chi connectivity index (χ0n) is 55.6. The molecule has 4 aliphatic rings. The third-order valence-electron chi connectivity index (χ3n) is 17.2. The van der Waals surface area contributed by atoms with Gasteiger partial charge in [0.15, 0.2) is 0 Å². The number of hydrogen-bond acceptors (Lipinski definition) is 11. The van der Waals surface area contributed by atoms with Crippen LogP contribution in [0.5, 0.6) is 17.2 Å². The number of carbonyl (C=O) groups is 1. The predicted octanol–water partition coefficient (Wildman–Crippen LogP) is 17.0. The van der Waals surface area contributed by atoms with Crippen molar-refractivity contribution in [3.05, 3.63) is 273 Å². The lowest BCUT2D eigenvalue weighted by atomic mass is 9.99. The second kappa shape index (κ2) is 29.3. The van der Waals surface area contributed by atoms with Crippen molar-refractivity contribution in [3.8, 4) is 17.2 Å². The maximum Gasteiger partial charge on any atom is 0.261 e. The fraction of sp³-hybridized carbons (Fsp3) is 0.182. The Balaban J connectivity index is 0.000000142. The van der Waals surface area contributed by atoms with Crippen molar-refractivity contribution in [2.24, 2.45) is 0 Å². The summed E-state index contributed by atoms with van der Waals surface area (Å²) in [6.45, 7) is 18.0. The fourth-order valence-electron chi connectivity index (χ4n) is 12.2. The van der Waals surface area contributed by atoms with Crippen molar-refractivity contribution in [2.45, 2.75) is 114 Å². The Morgan fingerprint density at radius 3 is 0.990 bits per heavy atom. The van der Waals surface area contributed by atoms with E-state index in [-0.39, 0.29) is 31.2 Å². The molecule has 0 radical (unpaired) electrons. The van der Waals surface area contributed by atoms with E-state index in [1.165, 1.54) is 65.3 Å². The Morgan fingerprint density at radius 2 is 0.673 bits per heavy atom. The number of ether oxygens (including phenoxy) is 1. The van der Waals surface area contributed by atoms with Crippen LogP contribution in [0.2, 0.25) is 0 Å². The van der Waals surface area contributed by atoms with E-state index in [1.807, 2.05) is 115 Å². The van der Waals surface area contributed by atoms with Gasteiger partial charge >= 0.3 is 0 Å². The lowest BCUT2D eigenvalue weighted by Gasteiger charge is -2.15. The summed E-state index contributed by atoms with van der Waals surface area (Å²) < 4.78 is 130. The number of allylic oxidation sites excluding steroid dienone is 8. The Morgan fingerprint density at radius 1 is 0.388 bits per heavy atom. The van der Waals surface area contributed by atoms with Crippen molar-refractivity contribution >= 4 is 96.7 Å². The van der Waals surface area contributed by atoms with Gasteiger partial charge in [-0.2, -0.15) is 0 Å². The molecule has 0 aromatic heterocycles. The summed E-state index contributed by atoms with van der Waals surface area (Å²) >= 11 is 0. The molecule has 0 heterocycles. The van der Waals surface area contributed by atoms with E-state index < -0.39 is 45.9 Å². The first-order chi connectivity index (χ1) is 46.5. The largest absolute Gasteiger partial charge is 0.508 e. The molecule has 0 aliphatic heterocycles. The minimum Gasteiger partial charge on any atom is -0.508 e. The number of fused-ring (bicyclic) bond motifs is 4. The van der Waals surface area contributed by atoms with Gasteiger partial charge in [0.05, 0.1) is 42.3 Å². The molecule has 0 bridgehead atoms. The maximum absolute atomic E-state index is 12.9. The maximum atomic E-state index is 12.9. The van der Waals surface area contributed by atoms with Crippen molar-refractivity contribution in [1.29, 1.82) is 0 Å². The average Bonchev–Trinajstić information content (AvgIpc) is 1.67. The highest BCUT2D eigenvalue weighted by Gasteiger charge is 2.26. The second-order valence-electron chi connectivity index (χ2n) is 24.2. The van der Waals surface area contributed by atoms with E-state index in [0.29, 0.717) is 52.8 Å².